The average Bonchev–Trinajstić information content (AvgIpc) is 3.56. The van der Waals surface area contributed by atoms with Crippen molar-refractivity contribution in [3.8, 4) is 28.4 Å². The van der Waals surface area contributed by atoms with E-state index in [2.05, 4.69) is 16.4 Å². The molecule has 0 saturated heterocycles. The first-order valence-corrected chi connectivity index (χ1v) is 13.3. The zero-order chi connectivity index (χ0) is 28.4. The molecule has 0 aliphatic heterocycles. The molecule has 0 radical (unpaired) electrons. The van der Waals surface area contributed by atoms with Gasteiger partial charge in [-0.2, -0.15) is 5.10 Å². The number of carbonyl (C=O) groups excluding carboxylic acids is 1. The molecule has 3 N–H and O–H groups in total. The van der Waals surface area contributed by atoms with Gasteiger partial charge in [-0.1, -0.05) is 35.3 Å². The number of nitrogens with one attached hydrogen (secondary N) is 2. The van der Waals surface area contributed by atoms with Gasteiger partial charge in [-0.15, -0.1) is 0 Å². The molecular weight excluding hydrogens is 551 g/mol. The molecule has 2 aromatic heterocycles. The number of aromatic nitrogens is 3. The summed E-state index contributed by atoms with van der Waals surface area (Å²) in [6, 6.07) is 22.2. The Balaban J connectivity index is 1.52. The molecule has 0 fully saturated rings. The van der Waals surface area contributed by atoms with Crippen LogP contribution in [-0.4, -0.2) is 45.4 Å². The molecule has 204 valence electrons. The van der Waals surface area contributed by atoms with Gasteiger partial charge in [0.2, 0.25) is 0 Å². The van der Waals surface area contributed by atoms with Crippen molar-refractivity contribution in [2.24, 2.45) is 0 Å². The zero-order valence-corrected chi connectivity index (χ0v) is 23.3. The molecule has 0 bridgehead atoms. The van der Waals surface area contributed by atoms with Gasteiger partial charge in [-0.25, -0.2) is 0 Å². The number of benzene rings is 3. The first-order valence-electron chi connectivity index (χ1n) is 12.5. The first-order chi connectivity index (χ1) is 19.2. The Labute approximate surface area is 240 Å². The summed E-state index contributed by atoms with van der Waals surface area (Å²) in [6.45, 7) is 2.09. The Bertz CT molecular complexity index is 1690. The van der Waals surface area contributed by atoms with Crippen LogP contribution in [0.2, 0.25) is 10.0 Å². The van der Waals surface area contributed by atoms with Crippen LogP contribution in [0.3, 0.4) is 0 Å². The number of nitrogens with zero attached hydrogens (tertiary/aromatic N) is 2. The molecule has 1 unspecified atom stereocenters. The number of ether oxygens (including phenoxy) is 1. The maximum Gasteiger partial charge on any atom is 0.305 e. The van der Waals surface area contributed by atoms with E-state index in [0.717, 1.165) is 39.2 Å². The van der Waals surface area contributed by atoms with Crippen molar-refractivity contribution >= 4 is 46.0 Å². The molecule has 5 rings (SSSR count). The van der Waals surface area contributed by atoms with Gasteiger partial charge >= 0.3 is 5.97 Å². The fourth-order valence-corrected chi connectivity index (χ4v) is 5.07. The van der Waals surface area contributed by atoms with Crippen LogP contribution in [0.25, 0.3) is 33.5 Å². The van der Waals surface area contributed by atoms with E-state index in [1.54, 1.807) is 25.3 Å². The number of fused-ring (bicyclic) bond motifs is 1. The maximum atomic E-state index is 12.4. The molecule has 3 aromatic carbocycles. The number of aromatic amines is 1. The lowest BCUT2D eigenvalue weighted by atomic mass is 10.1. The number of carbonyl (C=O) groups is 2. The molecule has 40 heavy (non-hydrogen) atoms. The highest BCUT2D eigenvalue weighted by Gasteiger charge is 2.20. The minimum absolute atomic E-state index is 0.0651. The molecule has 0 aliphatic rings. The molecule has 10 heteroatoms. The SMILES string of the molecule is COc1ccc2[nH]c(-c3cc(-c4cc(Cl)cc(Cl)c4)nn3C(C)c3ccc(C(=O)NCCC(=O)O)cc3)cc2c1. The number of rotatable bonds is 9. The summed E-state index contributed by atoms with van der Waals surface area (Å²) < 4.78 is 7.31. The first kappa shape index (κ1) is 27.3. The quantitative estimate of drug-likeness (QED) is 0.178. The van der Waals surface area contributed by atoms with Crippen LogP contribution in [0.4, 0.5) is 0 Å². The van der Waals surface area contributed by atoms with Crippen molar-refractivity contribution in [2.75, 3.05) is 13.7 Å². The molecule has 1 amide bonds. The highest BCUT2D eigenvalue weighted by atomic mass is 35.5. The summed E-state index contributed by atoms with van der Waals surface area (Å²) in [6.07, 6.45) is -0.135. The summed E-state index contributed by atoms with van der Waals surface area (Å²) in [5.41, 5.74) is 5.55. The predicted octanol–water partition coefficient (Wildman–Crippen LogP) is 6.83. The number of amides is 1. The van der Waals surface area contributed by atoms with E-state index >= 15 is 0 Å². The largest absolute Gasteiger partial charge is 0.497 e. The van der Waals surface area contributed by atoms with Crippen LogP contribution in [0, 0.1) is 0 Å². The van der Waals surface area contributed by atoms with Crippen LogP contribution in [-0.2, 0) is 4.79 Å². The van der Waals surface area contributed by atoms with E-state index in [1.165, 1.54) is 0 Å². The number of aliphatic carboxylic acids is 1. The number of halogens is 2. The van der Waals surface area contributed by atoms with Crippen molar-refractivity contribution in [1.82, 2.24) is 20.1 Å². The van der Waals surface area contributed by atoms with Crippen LogP contribution >= 0.6 is 23.2 Å². The lowest BCUT2D eigenvalue weighted by molar-refractivity contribution is -0.136. The second kappa shape index (κ2) is 11.5. The second-order valence-corrected chi connectivity index (χ2v) is 10.2. The third-order valence-corrected chi connectivity index (χ3v) is 7.08. The lowest BCUT2D eigenvalue weighted by Gasteiger charge is -2.16. The molecule has 0 spiro atoms. The van der Waals surface area contributed by atoms with Crippen molar-refractivity contribution in [1.29, 1.82) is 0 Å². The Hall–Kier alpha value is -4.27. The van der Waals surface area contributed by atoms with Gasteiger partial charge < -0.3 is 20.1 Å². The maximum absolute atomic E-state index is 12.4. The highest BCUT2D eigenvalue weighted by molar-refractivity contribution is 6.35. The van der Waals surface area contributed by atoms with E-state index < -0.39 is 5.97 Å². The molecule has 8 nitrogen and oxygen atoms in total. The number of methoxy groups -OCH3 is 1. The summed E-state index contributed by atoms with van der Waals surface area (Å²) in [7, 11) is 1.64. The molecule has 0 saturated carbocycles. The van der Waals surface area contributed by atoms with Gasteiger partial charge in [0.05, 0.1) is 36.7 Å². The molecule has 5 aromatic rings. The van der Waals surface area contributed by atoms with Crippen molar-refractivity contribution in [2.45, 2.75) is 19.4 Å². The van der Waals surface area contributed by atoms with Gasteiger partial charge in [0.15, 0.2) is 0 Å². The van der Waals surface area contributed by atoms with Gasteiger partial charge in [-0.05, 0) is 73.2 Å². The lowest BCUT2D eigenvalue weighted by Crippen LogP contribution is -2.26. The van der Waals surface area contributed by atoms with E-state index in [0.29, 0.717) is 21.3 Å². The number of hydrogen-bond donors (Lipinski definition) is 3. The predicted molar refractivity (Wildman–Crippen MR) is 156 cm³/mol. The molecule has 1 atom stereocenters. The zero-order valence-electron chi connectivity index (χ0n) is 21.7. The number of carboxylic acids is 1. The fourth-order valence-electron chi connectivity index (χ4n) is 4.55. The standard InChI is InChI=1S/C30H26Cl2N4O4/c1-17(18-3-5-19(6-4-18)30(39)33-10-9-29(37)38)36-28(16-26(35-36)20-11-22(31)15-23(32)12-20)27-14-21-13-24(40-2)7-8-25(21)34-27/h3-8,11-17,34H,9-10H2,1-2H3,(H,33,39)(H,37,38). The van der Waals surface area contributed by atoms with Crippen molar-refractivity contribution < 1.29 is 19.4 Å². The van der Waals surface area contributed by atoms with E-state index in [-0.39, 0.29) is 24.9 Å². The van der Waals surface area contributed by atoms with E-state index in [9.17, 15) is 9.59 Å². The number of H-pyrrole nitrogens is 1. The van der Waals surface area contributed by atoms with Gasteiger partial charge in [0.1, 0.15) is 5.75 Å². The number of carboxylic acid groups (broad SMARTS) is 1. The normalized spacial score (nSPS) is 11.9. The van der Waals surface area contributed by atoms with Gasteiger partial charge in [0, 0.05) is 38.6 Å². The van der Waals surface area contributed by atoms with Gasteiger partial charge in [-0.3, -0.25) is 14.3 Å². The fraction of sp³-hybridized carbons (Fsp3) is 0.167. The minimum Gasteiger partial charge on any atom is -0.497 e. The average molecular weight is 577 g/mol. The van der Waals surface area contributed by atoms with E-state index in [4.69, 9.17) is 38.1 Å². The summed E-state index contributed by atoms with van der Waals surface area (Å²) >= 11 is 12.6. The smallest absolute Gasteiger partial charge is 0.305 e. The Morgan fingerprint density at radius 3 is 2.42 bits per heavy atom. The second-order valence-electron chi connectivity index (χ2n) is 9.35. The molecule has 0 aliphatic carbocycles. The van der Waals surface area contributed by atoms with Crippen LogP contribution in [0.5, 0.6) is 5.75 Å². The van der Waals surface area contributed by atoms with Crippen LogP contribution in [0.1, 0.15) is 35.3 Å². The Morgan fingerprint density at radius 1 is 1.02 bits per heavy atom. The van der Waals surface area contributed by atoms with Crippen LogP contribution in [0.15, 0.2) is 72.8 Å². The molecule has 2 heterocycles. The van der Waals surface area contributed by atoms with Crippen molar-refractivity contribution in [3.63, 3.8) is 0 Å². The summed E-state index contributed by atoms with van der Waals surface area (Å²) in [4.78, 5) is 26.6. The highest BCUT2D eigenvalue weighted by Crippen LogP contribution is 2.34. The monoisotopic (exact) mass is 576 g/mol. The number of hydrogen-bond acceptors (Lipinski definition) is 4. The Kier molecular flexibility index (Phi) is 7.82. The van der Waals surface area contributed by atoms with Crippen molar-refractivity contribution in [3.05, 3.63) is 94.0 Å². The van der Waals surface area contributed by atoms with Crippen LogP contribution < -0.4 is 10.1 Å². The Morgan fingerprint density at radius 2 is 1.75 bits per heavy atom. The third kappa shape index (κ3) is 5.83. The minimum atomic E-state index is -0.965. The van der Waals surface area contributed by atoms with E-state index in [1.807, 2.05) is 60.1 Å². The third-order valence-electron chi connectivity index (χ3n) is 6.64. The van der Waals surface area contributed by atoms with Gasteiger partial charge in [0.25, 0.3) is 5.91 Å². The summed E-state index contributed by atoms with van der Waals surface area (Å²) in [5.74, 6) is -0.525. The topological polar surface area (TPSA) is 109 Å². The summed E-state index contributed by atoms with van der Waals surface area (Å²) in [5, 5.41) is 18.4. The molecular formula is C30H26Cl2N4O4.